The van der Waals surface area contributed by atoms with Crippen molar-refractivity contribution in [3.8, 4) is 11.8 Å². The SMILES string of the molecule is C=CCOC(=O)/C(C#N)=C/c1ccc(OCc2c(C)noc2C)cc1. The van der Waals surface area contributed by atoms with Crippen molar-refractivity contribution in [1.82, 2.24) is 5.16 Å². The third kappa shape index (κ3) is 4.82. The minimum atomic E-state index is -0.680. The normalized spacial score (nSPS) is 10.8. The third-order valence-electron chi connectivity index (χ3n) is 3.43. The molecule has 1 heterocycles. The molecule has 0 aliphatic rings. The molecule has 0 atom stereocenters. The molecule has 0 N–H and O–H groups in total. The molecule has 0 amide bonds. The Balaban J connectivity index is 2.03. The zero-order chi connectivity index (χ0) is 18.2. The Labute approximate surface area is 146 Å². The van der Waals surface area contributed by atoms with Crippen LogP contribution in [-0.4, -0.2) is 17.7 Å². The average molecular weight is 338 g/mol. The number of hydrogen-bond acceptors (Lipinski definition) is 6. The van der Waals surface area contributed by atoms with Crippen LogP contribution in [0.2, 0.25) is 0 Å². The number of rotatable bonds is 7. The van der Waals surface area contributed by atoms with E-state index in [4.69, 9.17) is 19.3 Å². The van der Waals surface area contributed by atoms with Gasteiger partial charge < -0.3 is 14.0 Å². The number of aromatic nitrogens is 1. The lowest BCUT2D eigenvalue weighted by Gasteiger charge is -2.06. The van der Waals surface area contributed by atoms with Crippen molar-refractivity contribution in [2.75, 3.05) is 6.61 Å². The molecule has 0 spiro atoms. The van der Waals surface area contributed by atoms with Crippen molar-refractivity contribution in [3.63, 3.8) is 0 Å². The Kier molecular flexibility index (Phi) is 6.13. The molecule has 0 fully saturated rings. The summed E-state index contributed by atoms with van der Waals surface area (Å²) in [5.41, 5.74) is 2.33. The second-order valence-electron chi connectivity index (χ2n) is 5.22. The van der Waals surface area contributed by atoms with Crippen LogP contribution in [-0.2, 0) is 16.1 Å². The molecule has 0 saturated carbocycles. The maximum atomic E-state index is 11.7. The predicted octanol–water partition coefficient (Wildman–Crippen LogP) is 3.51. The van der Waals surface area contributed by atoms with Gasteiger partial charge in [0.2, 0.25) is 0 Å². The number of esters is 1. The summed E-state index contributed by atoms with van der Waals surface area (Å²) in [6.45, 7) is 7.57. The molecule has 1 aromatic heterocycles. The Hall–Kier alpha value is -3.33. The molecular formula is C19H18N2O4. The molecule has 0 radical (unpaired) electrons. The van der Waals surface area contributed by atoms with E-state index in [0.29, 0.717) is 17.9 Å². The first-order valence-corrected chi connectivity index (χ1v) is 7.59. The van der Waals surface area contributed by atoms with Crippen LogP contribution in [0.5, 0.6) is 5.75 Å². The van der Waals surface area contributed by atoms with Crippen LogP contribution < -0.4 is 4.74 Å². The van der Waals surface area contributed by atoms with E-state index in [1.165, 1.54) is 12.2 Å². The molecule has 0 unspecified atom stereocenters. The third-order valence-corrected chi connectivity index (χ3v) is 3.43. The summed E-state index contributed by atoms with van der Waals surface area (Å²) in [5.74, 6) is 0.708. The smallest absolute Gasteiger partial charge is 0.349 e. The van der Waals surface area contributed by atoms with Gasteiger partial charge in [0.25, 0.3) is 0 Å². The molecule has 25 heavy (non-hydrogen) atoms. The minimum Gasteiger partial charge on any atom is -0.489 e. The van der Waals surface area contributed by atoms with E-state index >= 15 is 0 Å². The van der Waals surface area contributed by atoms with Crippen molar-refractivity contribution < 1.29 is 18.8 Å². The molecule has 1 aromatic carbocycles. The van der Waals surface area contributed by atoms with Crippen LogP contribution in [0.1, 0.15) is 22.6 Å². The number of nitriles is 1. The monoisotopic (exact) mass is 338 g/mol. The van der Waals surface area contributed by atoms with Crippen molar-refractivity contribution in [2.24, 2.45) is 0 Å². The van der Waals surface area contributed by atoms with Crippen LogP contribution >= 0.6 is 0 Å². The highest BCUT2D eigenvalue weighted by Gasteiger charge is 2.11. The van der Waals surface area contributed by atoms with Gasteiger partial charge in [-0.25, -0.2) is 4.79 Å². The number of nitrogens with zero attached hydrogens (tertiary/aromatic N) is 2. The van der Waals surface area contributed by atoms with Gasteiger partial charge in [-0.1, -0.05) is 29.9 Å². The van der Waals surface area contributed by atoms with Gasteiger partial charge in [0.05, 0.1) is 11.3 Å². The highest BCUT2D eigenvalue weighted by Crippen LogP contribution is 2.19. The van der Waals surface area contributed by atoms with Crippen LogP contribution in [0.3, 0.4) is 0 Å². The van der Waals surface area contributed by atoms with Crippen molar-refractivity contribution in [3.05, 3.63) is 65.1 Å². The number of hydrogen-bond donors (Lipinski definition) is 0. The minimum absolute atomic E-state index is 0.0618. The largest absolute Gasteiger partial charge is 0.489 e. The number of benzene rings is 1. The van der Waals surface area contributed by atoms with Gasteiger partial charge in [-0.05, 0) is 37.6 Å². The standard InChI is InChI=1S/C19H18N2O4/c1-4-9-23-19(22)16(11-20)10-15-5-7-17(8-6-15)24-12-18-13(2)21-25-14(18)3/h4-8,10H,1,9,12H2,2-3H3/b16-10+. The van der Waals surface area contributed by atoms with E-state index in [1.807, 2.05) is 19.9 Å². The van der Waals surface area contributed by atoms with E-state index in [2.05, 4.69) is 11.7 Å². The molecule has 128 valence electrons. The average Bonchev–Trinajstić information content (AvgIpc) is 2.94. The van der Waals surface area contributed by atoms with Gasteiger partial charge in [0, 0.05) is 0 Å². The van der Waals surface area contributed by atoms with Gasteiger partial charge >= 0.3 is 5.97 Å². The van der Waals surface area contributed by atoms with Crippen molar-refractivity contribution in [2.45, 2.75) is 20.5 Å². The quantitative estimate of drug-likeness (QED) is 0.332. The summed E-state index contributed by atoms with van der Waals surface area (Å²) >= 11 is 0. The molecule has 0 saturated heterocycles. The first kappa shape index (κ1) is 18.0. The van der Waals surface area contributed by atoms with Crippen LogP contribution in [0, 0.1) is 25.2 Å². The Morgan fingerprint density at radius 2 is 2.08 bits per heavy atom. The summed E-state index contributed by atoms with van der Waals surface area (Å²) in [7, 11) is 0. The second kappa shape index (κ2) is 8.50. The topological polar surface area (TPSA) is 85.4 Å². The van der Waals surface area contributed by atoms with Crippen molar-refractivity contribution >= 4 is 12.0 Å². The molecule has 0 aliphatic carbocycles. The number of aryl methyl sites for hydroxylation is 2. The Morgan fingerprint density at radius 1 is 1.36 bits per heavy atom. The molecular weight excluding hydrogens is 320 g/mol. The molecule has 2 rings (SSSR count). The van der Waals surface area contributed by atoms with E-state index < -0.39 is 5.97 Å². The maximum absolute atomic E-state index is 11.7. The summed E-state index contributed by atoms with van der Waals surface area (Å²) in [4.78, 5) is 11.7. The summed E-state index contributed by atoms with van der Waals surface area (Å²) in [5, 5.41) is 12.9. The highest BCUT2D eigenvalue weighted by molar-refractivity contribution is 5.97. The Bertz CT molecular complexity index is 807. The van der Waals surface area contributed by atoms with E-state index in [-0.39, 0.29) is 12.2 Å². The lowest BCUT2D eigenvalue weighted by molar-refractivity contribution is -0.137. The molecule has 0 bridgehead atoms. The Morgan fingerprint density at radius 3 is 2.64 bits per heavy atom. The fourth-order valence-corrected chi connectivity index (χ4v) is 2.04. The zero-order valence-electron chi connectivity index (χ0n) is 14.1. The molecule has 6 nitrogen and oxygen atoms in total. The lowest BCUT2D eigenvalue weighted by Crippen LogP contribution is -2.06. The van der Waals surface area contributed by atoms with Gasteiger partial charge in [-0.3, -0.25) is 0 Å². The summed E-state index contributed by atoms with van der Waals surface area (Å²) in [6, 6.07) is 8.85. The first-order chi connectivity index (χ1) is 12.0. The maximum Gasteiger partial charge on any atom is 0.349 e. The van der Waals surface area contributed by atoms with Gasteiger partial charge in [-0.15, -0.1) is 0 Å². The van der Waals surface area contributed by atoms with Crippen LogP contribution in [0.4, 0.5) is 0 Å². The second-order valence-corrected chi connectivity index (χ2v) is 5.22. The van der Waals surface area contributed by atoms with Crippen molar-refractivity contribution in [1.29, 1.82) is 5.26 Å². The van der Waals surface area contributed by atoms with Crippen LogP contribution in [0.25, 0.3) is 6.08 Å². The number of ether oxygens (including phenoxy) is 2. The summed E-state index contributed by atoms with van der Waals surface area (Å²) < 4.78 is 15.7. The van der Waals surface area contributed by atoms with E-state index in [0.717, 1.165) is 17.0 Å². The van der Waals surface area contributed by atoms with E-state index in [9.17, 15) is 4.79 Å². The molecule has 6 heteroatoms. The van der Waals surface area contributed by atoms with Gasteiger partial charge in [0.15, 0.2) is 0 Å². The predicted molar refractivity (Wildman–Crippen MR) is 91.5 cm³/mol. The fourth-order valence-electron chi connectivity index (χ4n) is 2.04. The zero-order valence-corrected chi connectivity index (χ0v) is 14.1. The van der Waals surface area contributed by atoms with Crippen LogP contribution in [0.15, 0.2) is 47.0 Å². The fraction of sp³-hybridized carbons (Fsp3) is 0.211. The number of carbonyl (C=O) groups excluding carboxylic acids is 1. The lowest BCUT2D eigenvalue weighted by atomic mass is 10.1. The van der Waals surface area contributed by atoms with E-state index in [1.54, 1.807) is 24.3 Å². The van der Waals surface area contributed by atoms with Gasteiger partial charge in [-0.2, -0.15) is 5.26 Å². The summed E-state index contributed by atoms with van der Waals surface area (Å²) in [6.07, 6.45) is 2.90. The first-order valence-electron chi connectivity index (χ1n) is 7.59. The molecule has 0 aliphatic heterocycles. The highest BCUT2D eigenvalue weighted by atomic mass is 16.5. The van der Waals surface area contributed by atoms with Gasteiger partial charge in [0.1, 0.15) is 36.4 Å². The number of carbonyl (C=O) groups is 1. The molecule has 2 aromatic rings.